The summed E-state index contributed by atoms with van der Waals surface area (Å²) >= 11 is 1.51. The van der Waals surface area contributed by atoms with Crippen molar-refractivity contribution in [2.45, 2.75) is 0 Å². The van der Waals surface area contributed by atoms with Gasteiger partial charge >= 0.3 is 0 Å². The van der Waals surface area contributed by atoms with Gasteiger partial charge in [-0.2, -0.15) is 0 Å². The highest BCUT2D eigenvalue weighted by Gasteiger charge is 2.06. The lowest BCUT2D eigenvalue weighted by molar-refractivity contribution is -0.307. The van der Waals surface area contributed by atoms with Crippen LogP contribution in [-0.4, -0.2) is 12.6 Å². The fourth-order valence-electron chi connectivity index (χ4n) is 2.01. The normalized spacial score (nSPS) is 10.8. The van der Waals surface area contributed by atoms with Crippen molar-refractivity contribution in [3.05, 3.63) is 52.7 Å². The van der Waals surface area contributed by atoms with Crippen molar-refractivity contribution in [1.29, 1.82) is 0 Å². The van der Waals surface area contributed by atoms with Gasteiger partial charge in [-0.25, -0.2) is 0 Å². The largest absolute Gasteiger partial charge is 0.546 e. The minimum Gasteiger partial charge on any atom is -0.546 e. The number of carboxylic acid groups (broad SMARTS) is 1. The lowest BCUT2D eigenvalue weighted by atomic mass is 10.2. The van der Waals surface area contributed by atoms with Gasteiger partial charge in [-0.1, -0.05) is 12.1 Å². The summed E-state index contributed by atoms with van der Waals surface area (Å²) in [4.78, 5) is 22.8. The molecule has 3 aromatic rings. The van der Waals surface area contributed by atoms with E-state index in [2.05, 4.69) is 0 Å². The molecule has 0 fully saturated rings. The van der Waals surface area contributed by atoms with Gasteiger partial charge < -0.3 is 14.6 Å². The molecule has 3 rings (SSSR count). The third-order valence-electron chi connectivity index (χ3n) is 2.90. The zero-order chi connectivity index (χ0) is 14.1. The average Bonchev–Trinajstić information content (AvgIpc) is 2.46. The Kier molecular flexibility index (Phi) is 3.12. The number of aliphatic carboxylic acids is 1. The average molecular weight is 285 g/mol. The quantitative estimate of drug-likeness (QED) is 0.685. The van der Waals surface area contributed by atoms with Crippen molar-refractivity contribution in [2.75, 3.05) is 6.61 Å². The van der Waals surface area contributed by atoms with E-state index in [0.29, 0.717) is 16.5 Å². The van der Waals surface area contributed by atoms with Crippen molar-refractivity contribution in [3.8, 4) is 5.75 Å². The van der Waals surface area contributed by atoms with Crippen LogP contribution in [0.15, 0.2) is 47.3 Å². The topological polar surface area (TPSA) is 66.4 Å². The van der Waals surface area contributed by atoms with E-state index in [1.54, 1.807) is 24.3 Å². The van der Waals surface area contributed by atoms with Crippen LogP contribution in [0.25, 0.3) is 20.2 Å². The molecule has 0 radical (unpaired) electrons. The first-order valence-corrected chi connectivity index (χ1v) is 6.75. The molecule has 0 saturated carbocycles. The zero-order valence-electron chi connectivity index (χ0n) is 10.3. The van der Waals surface area contributed by atoms with Crippen molar-refractivity contribution in [1.82, 2.24) is 0 Å². The zero-order valence-corrected chi connectivity index (χ0v) is 11.1. The molecule has 0 aliphatic heterocycles. The van der Waals surface area contributed by atoms with Crippen LogP contribution >= 0.6 is 11.3 Å². The fourth-order valence-corrected chi connectivity index (χ4v) is 3.07. The van der Waals surface area contributed by atoms with Gasteiger partial charge in [0.05, 0.1) is 5.97 Å². The summed E-state index contributed by atoms with van der Waals surface area (Å²) in [6.45, 7) is -0.531. The number of ether oxygens (including phenoxy) is 1. The van der Waals surface area contributed by atoms with E-state index in [1.165, 1.54) is 11.3 Å². The highest BCUT2D eigenvalue weighted by Crippen LogP contribution is 2.27. The summed E-state index contributed by atoms with van der Waals surface area (Å²) in [7, 11) is 0. The van der Waals surface area contributed by atoms with Crippen LogP contribution in [0.3, 0.4) is 0 Å². The molecule has 1 aromatic heterocycles. The van der Waals surface area contributed by atoms with Crippen molar-refractivity contribution in [3.63, 3.8) is 0 Å². The Morgan fingerprint density at radius 2 is 1.85 bits per heavy atom. The molecule has 100 valence electrons. The van der Waals surface area contributed by atoms with E-state index >= 15 is 0 Å². The number of benzene rings is 2. The number of fused-ring (bicyclic) bond motifs is 2. The van der Waals surface area contributed by atoms with Crippen LogP contribution in [0.4, 0.5) is 0 Å². The Hall–Kier alpha value is -2.40. The maximum atomic E-state index is 12.4. The van der Waals surface area contributed by atoms with E-state index in [4.69, 9.17) is 4.74 Å². The van der Waals surface area contributed by atoms with Gasteiger partial charge in [-0.3, -0.25) is 4.79 Å². The van der Waals surface area contributed by atoms with Crippen molar-refractivity contribution >= 4 is 37.5 Å². The molecule has 0 N–H and O–H groups in total. The number of rotatable bonds is 3. The number of carboxylic acids is 1. The van der Waals surface area contributed by atoms with Gasteiger partial charge in [0.25, 0.3) is 0 Å². The molecule has 20 heavy (non-hydrogen) atoms. The molecule has 4 nitrogen and oxygen atoms in total. The molecule has 5 heteroatoms. The van der Waals surface area contributed by atoms with E-state index in [0.717, 1.165) is 9.40 Å². The number of hydrogen-bond donors (Lipinski definition) is 0. The monoisotopic (exact) mass is 285 g/mol. The minimum absolute atomic E-state index is 0.0757. The Bertz CT molecular complexity index is 867. The summed E-state index contributed by atoms with van der Waals surface area (Å²) in [5.74, 6) is -0.949. The Morgan fingerprint density at radius 1 is 1.10 bits per heavy atom. The maximum absolute atomic E-state index is 12.4. The van der Waals surface area contributed by atoms with Gasteiger partial charge in [0.15, 0.2) is 5.43 Å². The molecule has 0 unspecified atom stereocenters. The van der Waals surface area contributed by atoms with Gasteiger partial charge in [0, 0.05) is 20.2 Å². The Labute approximate surface area is 117 Å². The number of carbonyl (C=O) groups excluding carboxylic acids is 1. The van der Waals surface area contributed by atoms with Gasteiger partial charge in [0.1, 0.15) is 12.4 Å². The Morgan fingerprint density at radius 3 is 2.65 bits per heavy atom. The molecule has 0 saturated heterocycles. The SMILES string of the molecule is O=C([O-])COc1ccc2sc3ccccc3c(=O)c2c1. The minimum atomic E-state index is -1.30. The van der Waals surface area contributed by atoms with E-state index in [-0.39, 0.29) is 5.43 Å². The second kappa shape index (κ2) is 4.94. The summed E-state index contributed by atoms with van der Waals surface area (Å²) in [6, 6.07) is 12.4. The molecule has 0 amide bonds. The van der Waals surface area contributed by atoms with E-state index in [1.807, 2.05) is 18.2 Å². The molecule has 2 aromatic carbocycles. The lowest BCUT2D eigenvalue weighted by Gasteiger charge is -2.07. The van der Waals surface area contributed by atoms with Crippen LogP contribution < -0.4 is 15.3 Å². The van der Waals surface area contributed by atoms with Crippen LogP contribution in [0, 0.1) is 0 Å². The molecule has 0 spiro atoms. The molecule has 0 aliphatic rings. The second-order valence-electron chi connectivity index (χ2n) is 4.25. The van der Waals surface area contributed by atoms with Crippen LogP contribution in [-0.2, 0) is 4.79 Å². The van der Waals surface area contributed by atoms with Gasteiger partial charge in [-0.15, -0.1) is 11.3 Å². The summed E-state index contributed by atoms with van der Waals surface area (Å²) < 4.78 is 6.81. The predicted octanol–water partition coefficient (Wildman–Crippen LogP) is 1.54. The van der Waals surface area contributed by atoms with E-state index in [9.17, 15) is 14.7 Å². The van der Waals surface area contributed by atoms with Crippen LogP contribution in [0.2, 0.25) is 0 Å². The molecular weight excluding hydrogens is 276 g/mol. The summed E-state index contributed by atoms with van der Waals surface area (Å²) in [5, 5.41) is 11.6. The standard InChI is InChI=1S/C15H10O4S/c16-14(17)8-19-9-5-6-13-11(7-9)15(18)10-3-1-2-4-12(10)20-13/h1-7H,8H2,(H,16,17)/p-1. The second-order valence-corrected chi connectivity index (χ2v) is 5.33. The first-order chi connectivity index (χ1) is 9.65. The van der Waals surface area contributed by atoms with Crippen LogP contribution in [0.1, 0.15) is 0 Å². The van der Waals surface area contributed by atoms with Gasteiger partial charge in [0.2, 0.25) is 0 Å². The number of carbonyl (C=O) groups is 1. The number of hydrogen-bond acceptors (Lipinski definition) is 5. The van der Waals surface area contributed by atoms with Crippen molar-refractivity contribution in [2.24, 2.45) is 0 Å². The summed E-state index contributed by atoms with van der Waals surface area (Å²) in [5.41, 5.74) is -0.0757. The Balaban J connectivity index is 2.18. The molecule has 0 atom stereocenters. The first kappa shape index (κ1) is 12.6. The fraction of sp³-hybridized carbons (Fsp3) is 0.0667. The lowest BCUT2D eigenvalue weighted by Crippen LogP contribution is -2.28. The molecule has 1 heterocycles. The first-order valence-electron chi connectivity index (χ1n) is 5.93. The van der Waals surface area contributed by atoms with Crippen molar-refractivity contribution < 1.29 is 14.6 Å². The molecule has 0 aliphatic carbocycles. The third-order valence-corrected chi connectivity index (χ3v) is 4.06. The maximum Gasteiger partial charge on any atom is 0.196 e. The van der Waals surface area contributed by atoms with Crippen LogP contribution in [0.5, 0.6) is 5.75 Å². The third kappa shape index (κ3) is 2.23. The smallest absolute Gasteiger partial charge is 0.196 e. The van der Waals surface area contributed by atoms with Gasteiger partial charge in [-0.05, 0) is 30.3 Å². The highest BCUT2D eigenvalue weighted by atomic mass is 32.1. The molecular formula is C15H9O4S-. The molecule has 0 bridgehead atoms. The predicted molar refractivity (Wildman–Crippen MR) is 76.1 cm³/mol. The highest BCUT2D eigenvalue weighted by molar-refractivity contribution is 7.24. The summed E-state index contributed by atoms with van der Waals surface area (Å²) in [6.07, 6.45) is 0. The van der Waals surface area contributed by atoms with E-state index < -0.39 is 12.6 Å².